The van der Waals surface area contributed by atoms with Gasteiger partial charge < -0.3 is 10.0 Å². The molecule has 106 valence electrons. The molecule has 5 nitrogen and oxygen atoms in total. The molecule has 1 aromatic heterocycles. The van der Waals surface area contributed by atoms with E-state index in [1.807, 2.05) is 0 Å². The molecule has 0 bridgehead atoms. The monoisotopic (exact) mass is 265 g/mol. The number of carbonyl (C=O) groups is 1. The van der Waals surface area contributed by atoms with Gasteiger partial charge in [-0.15, -0.1) is 0 Å². The molecule has 1 aromatic rings. The van der Waals surface area contributed by atoms with Gasteiger partial charge in [0.1, 0.15) is 0 Å². The summed E-state index contributed by atoms with van der Waals surface area (Å²) in [6.07, 6.45) is 4.89. The lowest BCUT2D eigenvalue weighted by Crippen LogP contribution is -2.39. The van der Waals surface area contributed by atoms with Crippen molar-refractivity contribution in [3.8, 4) is 0 Å². The van der Waals surface area contributed by atoms with E-state index >= 15 is 0 Å². The molecule has 0 aliphatic heterocycles. The zero-order chi connectivity index (χ0) is 14.4. The quantitative estimate of drug-likeness (QED) is 0.821. The summed E-state index contributed by atoms with van der Waals surface area (Å²) in [5.74, 6) is -0.107. The molecule has 19 heavy (non-hydrogen) atoms. The normalized spacial score (nSPS) is 11.1. The second-order valence-corrected chi connectivity index (χ2v) is 5.05. The molecular weight excluding hydrogens is 242 g/mol. The lowest BCUT2D eigenvalue weighted by atomic mass is 10.1. The summed E-state index contributed by atoms with van der Waals surface area (Å²) in [4.78, 5) is 21.6. The molecule has 1 heterocycles. The maximum absolute atomic E-state index is 11.3. The van der Waals surface area contributed by atoms with Gasteiger partial charge in [-0.05, 0) is 18.8 Å². The van der Waals surface area contributed by atoms with Gasteiger partial charge in [-0.1, -0.05) is 27.7 Å². The van der Waals surface area contributed by atoms with Crippen molar-refractivity contribution in [2.75, 3.05) is 11.4 Å². The minimum atomic E-state index is -1.03. The summed E-state index contributed by atoms with van der Waals surface area (Å²) < 4.78 is 0. The number of hydrogen-bond acceptors (Lipinski definition) is 4. The Kier molecular flexibility index (Phi) is 5.73. The van der Waals surface area contributed by atoms with E-state index < -0.39 is 5.97 Å². The van der Waals surface area contributed by atoms with Crippen molar-refractivity contribution in [1.29, 1.82) is 0 Å². The third kappa shape index (κ3) is 3.91. The number of anilines is 1. The van der Waals surface area contributed by atoms with E-state index in [1.165, 1.54) is 6.20 Å². The summed E-state index contributed by atoms with van der Waals surface area (Å²) in [7, 11) is 0. The highest BCUT2D eigenvalue weighted by Gasteiger charge is 2.24. The molecule has 0 spiro atoms. The first-order chi connectivity index (χ1) is 9.01. The Morgan fingerprint density at radius 1 is 1.26 bits per heavy atom. The highest BCUT2D eigenvalue weighted by atomic mass is 16.4. The number of carboxylic acids is 1. The molecule has 0 aliphatic rings. The van der Waals surface area contributed by atoms with Crippen LogP contribution in [0.2, 0.25) is 0 Å². The van der Waals surface area contributed by atoms with Gasteiger partial charge in [0.05, 0.1) is 0 Å². The average Bonchev–Trinajstić information content (AvgIpc) is 2.38. The molecule has 0 atom stereocenters. The van der Waals surface area contributed by atoms with Gasteiger partial charge in [0.15, 0.2) is 11.5 Å². The SMILES string of the molecule is CCC(CC)N(CC(C)C)c1nccnc1C(=O)O. The minimum absolute atomic E-state index is 0.0371. The second-order valence-electron chi connectivity index (χ2n) is 5.05. The summed E-state index contributed by atoms with van der Waals surface area (Å²) in [5.41, 5.74) is 0.0371. The van der Waals surface area contributed by atoms with Crippen molar-refractivity contribution >= 4 is 11.8 Å². The lowest BCUT2D eigenvalue weighted by Gasteiger charge is -2.33. The van der Waals surface area contributed by atoms with Gasteiger partial charge in [-0.2, -0.15) is 0 Å². The van der Waals surface area contributed by atoms with Crippen LogP contribution in [-0.2, 0) is 0 Å². The van der Waals surface area contributed by atoms with Crippen molar-refractivity contribution in [3.05, 3.63) is 18.1 Å². The number of carboxylic acid groups (broad SMARTS) is 1. The van der Waals surface area contributed by atoms with Gasteiger partial charge in [0.25, 0.3) is 0 Å². The number of aromatic nitrogens is 2. The fourth-order valence-corrected chi connectivity index (χ4v) is 2.22. The molecule has 0 unspecified atom stereocenters. The molecule has 1 rings (SSSR count). The van der Waals surface area contributed by atoms with Crippen LogP contribution in [0.5, 0.6) is 0 Å². The molecule has 0 fully saturated rings. The summed E-state index contributed by atoms with van der Waals surface area (Å²) >= 11 is 0. The van der Waals surface area contributed by atoms with Gasteiger partial charge >= 0.3 is 5.97 Å². The first-order valence-electron chi connectivity index (χ1n) is 6.82. The van der Waals surface area contributed by atoms with Crippen molar-refractivity contribution in [1.82, 2.24) is 9.97 Å². The molecule has 0 saturated carbocycles. The Morgan fingerprint density at radius 3 is 2.32 bits per heavy atom. The molecular formula is C14H23N3O2. The van der Waals surface area contributed by atoms with E-state index in [-0.39, 0.29) is 11.7 Å². The second kappa shape index (κ2) is 7.07. The third-order valence-corrected chi connectivity index (χ3v) is 3.10. The van der Waals surface area contributed by atoms with Gasteiger partial charge in [-0.3, -0.25) is 0 Å². The van der Waals surface area contributed by atoms with E-state index in [0.717, 1.165) is 19.4 Å². The molecule has 0 aromatic carbocycles. The number of aromatic carboxylic acids is 1. The van der Waals surface area contributed by atoms with Gasteiger partial charge in [-0.25, -0.2) is 14.8 Å². The van der Waals surface area contributed by atoms with Gasteiger partial charge in [0.2, 0.25) is 0 Å². The first kappa shape index (κ1) is 15.4. The van der Waals surface area contributed by atoms with E-state index in [0.29, 0.717) is 11.7 Å². The van der Waals surface area contributed by atoms with E-state index in [9.17, 15) is 9.90 Å². The standard InChI is InChI=1S/C14H23N3O2/c1-5-11(6-2)17(9-10(3)4)13-12(14(18)19)15-7-8-16-13/h7-8,10-11H,5-6,9H2,1-4H3,(H,18,19). The van der Waals surface area contributed by atoms with Crippen LogP contribution in [0.3, 0.4) is 0 Å². The Bertz CT molecular complexity index is 417. The molecule has 0 amide bonds. The van der Waals surface area contributed by atoms with Crippen molar-refractivity contribution in [3.63, 3.8) is 0 Å². The lowest BCUT2D eigenvalue weighted by molar-refractivity contribution is 0.0690. The van der Waals surface area contributed by atoms with E-state index in [4.69, 9.17) is 0 Å². The van der Waals surface area contributed by atoms with Crippen molar-refractivity contribution < 1.29 is 9.90 Å². The smallest absolute Gasteiger partial charge is 0.358 e. The van der Waals surface area contributed by atoms with Crippen molar-refractivity contribution in [2.45, 2.75) is 46.6 Å². The highest BCUT2D eigenvalue weighted by molar-refractivity contribution is 5.91. The average molecular weight is 265 g/mol. The first-order valence-corrected chi connectivity index (χ1v) is 6.82. The fourth-order valence-electron chi connectivity index (χ4n) is 2.22. The Hall–Kier alpha value is -1.65. The Morgan fingerprint density at radius 2 is 1.84 bits per heavy atom. The number of hydrogen-bond donors (Lipinski definition) is 1. The van der Waals surface area contributed by atoms with Crippen LogP contribution in [0.1, 0.15) is 51.0 Å². The topological polar surface area (TPSA) is 66.3 Å². The number of nitrogens with zero attached hydrogens (tertiary/aromatic N) is 3. The minimum Gasteiger partial charge on any atom is -0.476 e. The third-order valence-electron chi connectivity index (χ3n) is 3.10. The van der Waals surface area contributed by atoms with Gasteiger partial charge in [0, 0.05) is 25.0 Å². The Labute approximate surface area is 114 Å². The maximum Gasteiger partial charge on any atom is 0.358 e. The molecule has 0 aliphatic carbocycles. The highest BCUT2D eigenvalue weighted by Crippen LogP contribution is 2.22. The summed E-state index contributed by atoms with van der Waals surface area (Å²) in [5, 5.41) is 9.25. The Balaban J connectivity index is 3.20. The predicted molar refractivity (Wildman–Crippen MR) is 75.5 cm³/mol. The molecule has 5 heteroatoms. The maximum atomic E-state index is 11.3. The van der Waals surface area contributed by atoms with Crippen LogP contribution in [0.4, 0.5) is 5.82 Å². The summed E-state index contributed by atoms with van der Waals surface area (Å²) in [6, 6.07) is 0.289. The zero-order valence-electron chi connectivity index (χ0n) is 12.1. The van der Waals surface area contributed by atoms with E-state index in [1.54, 1.807) is 6.20 Å². The van der Waals surface area contributed by atoms with Crippen LogP contribution in [-0.4, -0.2) is 33.6 Å². The van der Waals surface area contributed by atoms with Crippen LogP contribution in [0.15, 0.2) is 12.4 Å². The molecule has 1 N–H and O–H groups in total. The zero-order valence-corrected chi connectivity index (χ0v) is 12.1. The van der Waals surface area contributed by atoms with Crippen LogP contribution < -0.4 is 4.90 Å². The number of rotatable bonds is 7. The van der Waals surface area contributed by atoms with Crippen LogP contribution in [0, 0.1) is 5.92 Å². The van der Waals surface area contributed by atoms with Crippen LogP contribution >= 0.6 is 0 Å². The van der Waals surface area contributed by atoms with Crippen LogP contribution in [0.25, 0.3) is 0 Å². The largest absolute Gasteiger partial charge is 0.476 e. The fraction of sp³-hybridized carbons (Fsp3) is 0.643. The predicted octanol–water partition coefficient (Wildman–Crippen LogP) is 2.83. The molecule has 0 saturated heterocycles. The molecule has 0 radical (unpaired) electrons. The van der Waals surface area contributed by atoms with E-state index in [2.05, 4.69) is 42.6 Å². The summed E-state index contributed by atoms with van der Waals surface area (Å²) in [6.45, 7) is 9.24. The van der Waals surface area contributed by atoms with Crippen molar-refractivity contribution in [2.24, 2.45) is 5.92 Å².